The van der Waals surface area contributed by atoms with Gasteiger partial charge in [-0.25, -0.2) is 0 Å². The van der Waals surface area contributed by atoms with E-state index in [1.165, 1.54) is 0 Å². The summed E-state index contributed by atoms with van der Waals surface area (Å²) in [7, 11) is 0. The van der Waals surface area contributed by atoms with Crippen LogP contribution in [-0.4, -0.2) is 28.7 Å². The summed E-state index contributed by atoms with van der Waals surface area (Å²) in [5.74, 6) is 0.0957. The Hall–Kier alpha value is -2.16. The zero-order chi connectivity index (χ0) is 13.3. The average Bonchev–Trinajstić information content (AvgIpc) is 2.81. The van der Waals surface area contributed by atoms with Crippen LogP contribution in [0, 0.1) is 25.2 Å². The van der Waals surface area contributed by atoms with Gasteiger partial charge in [0.1, 0.15) is 17.7 Å². The van der Waals surface area contributed by atoms with E-state index < -0.39 is 0 Å². The van der Waals surface area contributed by atoms with Gasteiger partial charge in [-0.2, -0.15) is 10.4 Å². The number of amides is 1. The smallest absolute Gasteiger partial charge is 0.240 e. The molecule has 2 N–H and O–H groups in total. The lowest BCUT2D eigenvalue weighted by Crippen LogP contribution is -2.41. The molecule has 1 fully saturated rings. The van der Waals surface area contributed by atoms with Crippen LogP contribution in [0.4, 0.5) is 5.82 Å². The number of anilines is 1. The number of hydrogen-bond donors (Lipinski definition) is 1. The van der Waals surface area contributed by atoms with Gasteiger partial charge in [-0.1, -0.05) is 0 Å². The van der Waals surface area contributed by atoms with Crippen LogP contribution in [-0.2, 0) is 4.79 Å². The predicted molar refractivity (Wildman–Crippen MR) is 65.8 cm³/mol. The van der Waals surface area contributed by atoms with Crippen molar-refractivity contribution >= 4 is 11.7 Å². The average molecular weight is 245 g/mol. The molecule has 6 heteroatoms. The van der Waals surface area contributed by atoms with Crippen molar-refractivity contribution in [2.75, 3.05) is 11.4 Å². The minimum absolute atomic E-state index is 0.378. The number of carbonyl (C=O) groups is 1. The van der Waals surface area contributed by atoms with Crippen molar-refractivity contribution in [1.82, 2.24) is 10.2 Å². The molecular formula is C12H15N5O. The zero-order valence-corrected chi connectivity index (χ0v) is 10.5. The molecule has 0 spiro atoms. The first-order valence-electron chi connectivity index (χ1n) is 5.86. The molecule has 0 saturated carbocycles. The maximum atomic E-state index is 11.4. The molecule has 1 aromatic heterocycles. The Kier molecular flexibility index (Phi) is 3.15. The molecule has 1 atom stereocenters. The fourth-order valence-corrected chi connectivity index (χ4v) is 2.25. The van der Waals surface area contributed by atoms with Crippen LogP contribution >= 0.6 is 0 Å². The lowest BCUT2D eigenvalue weighted by atomic mass is 10.1. The Morgan fingerprint density at radius 1 is 1.50 bits per heavy atom. The van der Waals surface area contributed by atoms with Crippen LogP contribution < -0.4 is 10.6 Å². The number of aromatic nitrogens is 2. The summed E-state index contributed by atoms with van der Waals surface area (Å²) in [6, 6.07) is 1.76. The summed E-state index contributed by atoms with van der Waals surface area (Å²) in [5.41, 5.74) is 7.39. The van der Waals surface area contributed by atoms with Crippen molar-refractivity contribution in [3.05, 3.63) is 16.8 Å². The van der Waals surface area contributed by atoms with E-state index in [0.717, 1.165) is 17.7 Å². The van der Waals surface area contributed by atoms with E-state index in [-0.39, 0.29) is 11.9 Å². The molecule has 0 aromatic carbocycles. The highest BCUT2D eigenvalue weighted by Gasteiger charge is 2.32. The highest BCUT2D eigenvalue weighted by atomic mass is 16.1. The number of primary amides is 1. The first kappa shape index (κ1) is 12.3. The normalized spacial score (nSPS) is 18.7. The quantitative estimate of drug-likeness (QED) is 0.814. The number of hydrogen-bond acceptors (Lipinski definition) is 5. The topological polar surface area (TPSA) is 95.9 Å². The third kappa shape index (κ3) is 1.88. The first-order valence-corrected chi connectivity index (χ1v) is 5.86. The molecule has 0 bridgehead atoms. The van der Waals surface area contributed by atoms with E-state index in [2.05, 4.69) is 16.3 Å². The van der Waals surface area contributed by atoms with E-state index in [0.29, 0.717) is 24.3 Å². The van der Waals surface area contributed by atoms with Crippen molar-refractivity contribution in [2.24, 2.45) is 5.73 Å². The fraction of sp³-hybridized carbons (Fsp3) is 0.500. The van der Waals surface area contributed by atoms with Crippen LogP contribution in [0.2, 0.25) is 0 Å². The summed E-state index contributed by atoms with van der Waals surface area (Å²) in [6.45, 7) is 4.32. The molecule has 1 aliphatic rings. The van der Waals surface area contributed by atoms with Gasteiger partial charge in [-0.05, 0) is 32.3 Å². The minimum Gasteiger partial charge on any atom is -0.368 e. The largest absolute Gasteiger partial charge is 0.368 e. The van der Waals surface area contributed by atoms with Gasteiger partial charge < -0.3 is 10.6 Å². The Morgan fingerprint density at radius 2 is 2.22 bits per heavy atom. The fourth-order valence-electron chi connectivity index (χ4n) is 2.25. The van der Waals surface area contributed by atoms with Gasteiger partial charge in [0.25, 0.3) is 0 Å². The van der Waals surface area contributed by atoms with Gasteiger partial charge in [0.05, 0.1) is 5.69 Å². The maximum Gasteiger partial charge on any atom is 0.240 e. The Bertz CT molecular complexity index is 534. The third-order valence-electron chi connectivity index (χ3n) is 3.40. The highest BCUT2D eigenvalue weighted by molar-refractivity contribution is 5.84. The van der Waals surface area contributed by atoms with Gasteiger partial charge in [0.2, 0.25) is 5.91 Å². The Balaban J connectivity index is 2.49. The van der Waals surface area contributed by atoms with Crippen LogP contribution in [0.1, 0.15) is 29.7 Å². The van der Waals surface area contributed by atoms with Crippen molar-refractivity contribution < 1.29 is 4.79 Å². The molecular weight excluding hydrogens is 230 g/mol. The molecule has 94 valence electrons. The van der Waals surface area contributed by atoms with Crippen molar-refractivity contribution in [3.63, 3.8) is 0 Å². The SMILES string of the molecule is Cc1nnc(N2CCCC2C(N)=O)c(C#N)c1C. The van der Waals surface area contributed by atoms with Crippen LogP contribution in [0.5, 0.6) is 0 Å². The van der Waals surface area contributed by atoms with Crippen molar-refractivity contribution in [2.45, 2.75) is 32.7 Å². The summed E-state index contributed by atoms with van der Waals surface area (Å²) in [4.78, 5) is 13.2. The van der Waals surface area contributed by atoms with Gasteiger partial charge in [-0.15, -0.1) is 5.10 Å². The van der Waals surface area contributed by atoms with E-state index in [1.54, 1.807) is 4.90 Å². The molecule has 1 aromatic rings. The lowest BCUT2D eigenvalue weighted by Gasteiger charge is -2.24. The summed E-state index contributed by atoms with van der Waals surface area (Å²) in [5, 5.41) is 17.3. The minimum atomic E-state index is -0.381. The molecule has 0 aliphatic carbocycles. The van der Waals surface area contributed by atoms with E-state index in [9.17, 15) is 10.1 Å². The van der Waals surface area contributed by atoms with Crippen molar-refractivity contribution in [1.29, 1.82) is 5.26 Å². The molecule has 2 heterocycles. The summed E-state index contributed by atoms with van der Waals surface area (Å²) >= 11 is 0. The molecule has 18 heavy (non-hydrogen) atoms. The standard InChI is InChI=1S/C12H15N5O/c1-7-8(2)15-16-12(9(7)6-13)17-5-3-4-10(17)11(14)18/h10H,3-5H2,1-2H3,(H2,14,18). The molecule has 0 radical (unpaired) electrons. The van der Waals surface area contributed by atoms with Crippen molar-refractivity contribution in [3.8, 4) is 6.07 Å². The monoisotopic (exact) mass is 245 g/mol. The van der Waals surface area contributed by atoms with E-state index in [4.69, 9.17) is 5.73 Å². The second-order valence-corrected chi connectivity index (χ2v) is 4.47. The molecule has 1 saturated heterocycles. The highest BCUT2D eigenvalue weighted by Crippen LogP contribution is 2.28. The second kappa shape index (κ2) is 4.61. The Morgan fingerprint density at radius 3 is 2.83 bits per heavy atom. The molecule has 2 rings (SSSR count). The number of aryl methyl sites for hydroxylation is 1. The number of carbonyl (C=O) groups excluding carboxylic acids is 1. The predicted octanol–water partition coefficient (Wildman–Crippen LogP) is 0.419. The van der Waals surface area contributed by atoms with Gasteiger partial charge in [-0.3, -0.25) is 4.79 Å². The van der Waals surface area contributed by atoms with Gasteiger partial charge in [0, 0.05) is 6.54 Å². The molecule has 1 amide bonds. The van der Waals surface area contributed by atoms with E-state index in [1.807, 2.05) is 13.8 Å². The molecule has 6 nitrogen and oxygen atoms in total. The van der Waals surface area contributed by atoms with Crippen LogP contribution in [0.15, 0.2) is 0 Å². The second-order valence-electron chi connectivity index (χ2n) is 4.47. The number of rotatable bonds is 2. The van der Waals surface area contributed by atoms with Crippen LogP contribution in [0.25, 0.3) is 0 Å². The maximum absolute atomic E-state index is 11.4. The third-order valence-corrected chi connectivity index (χ3v) is 3.40. The number of nitrogens with zero attached hydrogens (tertiary/aromatic N) is 4. The first-order chi connectivity index (χ1) is 8.56. The lowest BCUT2D eigenvalue weighted by molar-refractivity contribution is -0.119. The Labute approximate surface area is 105 Å². The van der Waals surface area contributed by atoms with Gasteiger partial charge in [0.15, 0.2) is 5.82 Å². The summed E-state index contributed by atoms with van der Waals surface area (Å²) < 4.78 is 0. The van der Waals surface area contributed by atoms with Gasteiger partial charge >= 0.3 is 0 Å². The number of nitrogens with two attached hydrogens (primary N) is 1. The zero-order valence-electron chi connectivity index (χ0n) is 10.5. The van der Waals surface area contributed by atoms with Crippen LogP contribution in [0.3, 0.4) is 0 Å². The number of nitriles is 1. The van der Waals surface area contributed by atoms with E-state index >= 15 is 0 Å². The summed E-state index contributed by atoms with van der Waals surface area (Å²) in [6.07, 6.45) is 1.57. The molecule has 1 aliphatic heterocycles. The molecule has 1 unspecified atom stereocenters.